The molecule has 1 aliphatic heterocycles. The first-order valence-corrected chi connectivity index (χ1v) is 10.9. The third kappa shape index (κ3) is 5.11. The Hall–Kier alpha value is -2.38. The molecule has 0 bridgehead atoms. The maximum absolute atomic E-state index is 12.7. The Bertz CT molecular complexity index is 900. The quantitative estimate of drug-likeness (QED) is 0.803. The normalized spacial score (nSPS) is 15.9. The van der Waals surface area contributed by atoms with Crippen molar-refractivity contribution >= 4 is 21.6 Å². The van der Waals surface area contributed by atoms with Gasteiger partial charge in [-0.1, -0.05) is 24.6 Å². The summed E-state index contributed by atoms with van der Waals surface area (Å²) < 4.78 is 32.4. The molecule has 7 heteroatoms. The molecule has 0 aliphatic carbocycles. The van der Waals surface area contributed by atoms with Crippen molar-refractivity contribution in [2.24, 2.45) is 5.92 Å². The Balaban J connectivity index is 1.55. The zero-order valence-electron chi connectivity index (χ0n) is 16.2. The molecule has 2 aromatic rings. The molecule has 1 aliphatic rings. The molecule has 1 heterocycles. The van der Waals surface area contributed by atoms with Gasteiger partial charge in [0.2, 0.25) is 10.0 Å². The molecule has 28 heavy (non-hydrogen) atoms. The summed E-state index contributed by atoms with van der Waals surface area (Å²) in [6.45, 7) is 5.08. The van der Waals surface area contributed by atoms with Crippen LogP contribution in [0.25, 0.3) is 0 Å². The minimum absolute atomic E-state index is 0.149. The highest BCUT2D eigenvalue weighted by Gasteiger charge is 2.27. The van der Waals surface area contributed by atoms with Crippen LogP contribution >= 0.6 is 0 Å². The number of rotatable bonds is 6. The molecule has 0 atom stereocenters. The largest absolute Gasteiger partial charge is 0.484 e. The van der Waals surface area contributed by atoms with Crippen molar-refractivity contribution in [1.29, 1.82) is 0 Å². The van der Waals surface area contributed by atoms with Crippen molar-refractivity contribution in [3.8, 4) is 5.75 Å². The molecule has 6 nitrogen and oxygen atoms in total. The number of amides is 1. The fourth-order valence-corrected chi connectivity index (χ4v) is 4.53. The Morgan fingerprint density at radius 2 is 1.68 bits per heavy atom. The number of aryl methyl sites for hydroxylation is 1. The van der Waals surface area contributed by atoms with E-state index in [4.69, 9.17) is 4.74 Å². The van der Waals surface area contributed by atoms with E-state index in [1.807, 2.05) is 31.2 Å². The molecule has 1 fully saturated rings. The van der Waals surface area contributed by atoms with Gasteiger partial charge in [0.05, 0.1) is 4.90 Å². The number of sulfonamides is 1. The predicted octanol–water partition coefficient (Wildman–Crippen LogP) is 3.43. The predicted molar refractivity (Wildman–Crippen MR) is 109 cm³/mol. The van der Waals surface area contributed by atoms with E-state index in [9.17, 15) is 13.2 Å². The van der Waals surface area contributed by atoms with Crippen molar-refractivity contribution in [1.82, 2.24) is 4.31 Å². The van der Waals surface area contributed by atoms with Crippen molar-refractivity contribution < 1.29 is 17.9 Å². The van der Waals surface area contributed by atoms with Gasteiger partial charge in [-0.2, -0.15) is 4.31 Å². The summed E-state index contributed by atoms with van der Waals surface area (Å²) in [6, 6.07) is 13.7. The van der Waals surface area contributed by atoms with Crippen molar-refractivity contribution in [3.05, 3.63) is 54.1 Å². The number of nitrogens with zero attached hydrogens (tertiary/aromatic N) is 1. The summed E-state index contributed by atoms with van der Waals surface area (Å²) in [7, 11) is -3.48. The van der Waals surface area contributed by atoms with Gasteiger partial charge in [-0.3, -0.25) is 4.79 Å². The summed E-state index contributed by atoms with van der Waals surface area (Å²) >= 11 is 0. The molecule has 0 radical (unpaired) electrons. The zero-order valence-corrected chi connectivity index (χ0v) is 17.0. The SMILES string of the molecule is Cc1ccc(NC(=O)COc2ccc(S(=O)(=O)N3CCC(C)CC3)cc2)cc1. The highest BCUT2D eigenvalue weighted by molar-refractivity contribution is 7.89. The van der Waals surface area contributed by atoms with Gasteiger partial charge in [0.1, 0.15) is 5.75 Å². The smallest absolute Gasteiger partial charge is 0.262 e. The van der Waals surface area contributed by atoms with Gasteiger partial charge >= 0.3 is 0 Å². The van der Waals surface area contributed by atoms with Gasteiger partial charge < -0.3 is 10.1 Å². The minimum Gasteiger partial charge on any atom is -0.484 e. The number of piperidine rings is 1. The highest BCUT2D eigenvalue weighted by atomic mass is 32.2. The molecular weight excluding hydrogens is 376 g/mol. The molecular formula is C21H26N2O4S. The standard InChI is InChI=1S/C21H26N2O4S/c1-16-3-5-18(6-4-16)22-21(24)15-27-19-7-9-20(10-8-19)28(25,26)23-13-11-17(2)12-14-23/h3-10,17H,11-15H2,1-2H3,(H,22,24). The van der Waals surface area contributed by atoms with E-state index in [2.05, 4.69) is 12.2 Å². The first-order valence-electron chi connectivity index (χ1n) is 9.44. The Morgan fingerprint density at radius 1 is 1.07 bits per heavy atom. The average Bonchev–Trinajstić information content (AvgIpc) is 2.69. The van der Waals surface area contributed by atoms with Crippen molar-refractivity contribution in [2.75, 3.05) is 25.0 Å². The zero-order chi connectivity index (χ0) is 20.1. The molecule has 0 spiro atoms. The number of anilines is 1. The van der Waals surface area contributed by atoms with Gasteiger partial charge in [0.15, 0.2) is 6.61 Å². The fourth-order valence-electron chi connectivity index (χ4n) is 3.07. The van der Waals surface area contributed by atoms with Gasteiger partial charge in [0.25, 0.3) is 5.91 Å². The van der Waals surface area contributed by atoms with E-state index in [1.165, 1.54) is 16.4 Å². The van der Waals surface area contributed by atoms with E-state index in [0.717, 1.165) is 18.4 Å². The van der Waals surface area contributed by atoms with Crippen LogP contribution in [0.5, 0.6) is 5.75 Å². The molecule has 1 N–H and O–H groups in total. The highest BCUT2D eigenvalue weighted by Crippen LogP contribution is 2.24. The maximum Gasteiger partial charge on any atom is 0.262 e. The van der Waals surface area contributed by atoms with Crippen LogP contribution in [0.15, 0.2) is 53.4 Å². The van der Waals surface area contributed by atoms with Gasteiger partial charge in [-0.25, -0.2) is 8.42 Å². The lowest BCUT2D eigenvalue weighted by atomic mass is 10.0. The Labute approximate surface area is 166 Å². The third-order valence-electron chi connectivity index (χ3n) is 4.91. The van der Waals surface area contributed by atoms with E-state index in [1.54, 1.807) is 12.1 Å². The lowest BCUT2D eigenvalue weighted by Gasteiger charge is -2.29. The minimum atomic E-state index is -3.48. The first-order chi connectivity index (χ1) is 13.3. The summed E-state index contributed by atoms with van der Waals surface area (Å²) in [4.78, 5) is 12.2. The lowest BCUT2D eigenvalue weighted by molar-refractivity contribution is -0.118. The van der Waals surface area contributed by atoms with E-state index in [0.29, 0.717) is 30.4 Å². The average molecular weight is 403 g/mol. The monoisotopic (exact) mass is 402 g/mol. The molecule has 0 unspecified atom stereocenters. The lowest BCUT2D eigenvalue weighted by Crippen LogP contribution is -2.37. The fraction of sp³-hybridized carbons (Fsp3) is 0.381. The van der Waals surface area contributed by atoms with Gasteiger partial charge in [-0.05, 0) is 62.1 Å². The van der Waals surface area contributed by atoms with Gasteiger partial charge in [-0.15, -0.1) is 0 Å². The molecule has 1 amide bonds. The van der Waals surface area contributed by atoms with Crippen LogP contribution in [0.4, 0.5) is 5.69 Å². The third-order valence-corrected chi connectivity index (χ3v) is 6.82. The second kappa shape index (κ2) is 8.75. The number of carbonyl (C=O) groups is 1. The maximum atomic E-state index is 12.7. The second-order valence-corrected chi connectivity index (χ2v) is 9.20. The molecule has 3 rings (SSSR count). The summed E-state index contributed by atoms with van der Waals surface area (Å²) in [5.74, 6) is 0.738. The molecule has 0 saturated carbocycles. The van der Waals surface area contributed by atoms with Crippen LogP contribution in [0.3, 0.4) is 0 Å². The number of ether oxygens (including phenoxy) is 1. The van der Waals surface area contributed by atoms with Crippen LogP contribution < -0.4 is 10.1 Å². The van der Waals surface area contributed by atoms with E-state index >= 15 is 0 Å². The molecule has 0 aromatic heterocycles. The van der Waals surface area contributed by atoms with Crippen LogP contribution in [0.2, 0.25) is 0 Å². The summed E-state index contributed by atoms with van der Waals surface area (Å²) in [5.41, 5.74) is 1.82. The second-order valence-electron chi connectivity index (χ2n) is 7.26. The topological polar surface area (TPSA) is 75.7 Å². The van der Waals surface area contributed by atoms with Crippen LogP contribution in [-0.4, -0.2) is 38.3 Å². The van der Waals surface area contributed by atoms with Crippen molar-refractivity contribution in [3.63, 3.8) is 0 Å². The molecule has 2 aromatic carbocycles. The molecule has 150 valence electrons. The molecule has 1 saturated heterocycles. The van der Waals surface area contributed by atoms with Crippen LogP contribution in [0, 0.1) is 12.8 Å². The van der Waals surface area contributed by atoms with Gasteiger partial charge in [0, 0.05) is 18.8 Å². The number of benzene rings is 2. The van der Waals surface area contributed by atoms with E-state index in [-0.39, 0.29) is 17.4 Å². The number of hydrogen-bond donors (Lipinski definition) is 1. The number of carbonyl (C=O) groups excluding carboxylic acids is 1. The van der Waals surface area contributed by atoms with Crippen LogP contribution in [-0.2, 0) is 14.8 Å². The number of nitrogens with one attached hydrogen (secondary N) is 1. The Morgan fingerprint density at radius 3 is 2.29 bits per heavy atom. The summed E-state index contributed by atoms with van der Waals surface area (Å²) in [5, 5.41) is 2.76. The first kappa shape index (κ1) is 20.4. The van der Waals surface area contributed by atoms with Crippen LogP contribution in [0.1, 0.15) is 25.3 Å². The Kier molecular flexibility index (Phi) is 6.36. The number of hydrogen-bond acceptors (Lipinski definition) is 4. The van der Waals surface area contributed by atoms with Crippen molar-refractivity contribution in [2.45, 2.75) is 31.6 Å². The summed E-state index contributed by atoms with van der Waals surface area (Å²) in [6.07, 6.45) is 1.77. The van der Waals surface area contributed by atoms with E-state index < -0.39 is 10.0 Å².